The van der Waals surface area contributed by atoms with Crippen molar-refractivity contribution in [2.24, 2.45) is 5.92 Å². The molecule has 0 fully saturated rings. The molecular weight excluding hydrogens is 478 g/mol. The van der Waals surface area contributed by atoms with Crippen LogP contribution in [-0.4, -0.2) is 47.5 Å². The Morgan fingerprint density at radius 1 is 0.895 bits per heavy atom. The first-order valence-electron chi connectivity index (χ1n) is 14.7. The third kappa shape index (κ3) is 12.3. The lowest BCUT2D eigenvalue weighted by molar-refractivity contribution is -0.143. The number of nitrogens with one attached hydrogen (secondary N) is 2. The van der Waals surface area contributed by atoms with Gasteiger partial charge < -0.3 is 20.3 Å². The number of carbonyl (C=O) groups excluding carboxylic acids is 3. The summed E-state index contributed by atoms with van der Waals surface area (Å²) < 4.78 is 5.49. The zero-order chi connectivity index (χ0) is 28.6. The summed E-state index contributed by atoms with van der Waals surface area (Å²) >= 11 is 0. The molecule has 2 N–H and O–H groups in total. The van der Waals surface area contributed by atoms with E-state index in [4.69, 9.17) is 4.74 Å². The van der Waals surface area contributed by atoms with Crippen LogP contribution in [0.4, 0.5) is 4.79 Å². The second-order valence-electron chi connectivity index (χ2n) is 11.3. The third-order valence-corrected chi connectivity index (χ3v) is 6.69. The van der Waals surface area contributed by atoms with Gasteiger partial charge in [0.25, 0.3) is 0 Å². The average molecular weight is 532 g/mol. The first-order chi connectivity index (χ1) is 18.1. The first-order valence-corrected chi connectivity index (χ1v) is 14.7. The van der Waals surface area contributed by atoms with E-state index in [2.05, 4.69) is 24.5 Å². The maximum absolute atomic E-state index is 14.2. The summed E-state index contributed by atoms with van der Waals surface area (Å²) in [6.07, 6.45) is 8.18. The lowest BCUT2D eigenvalue weighted by Gasteiger charge is -2.36. The average Bonchev–Trinajstić information content (AvgIpc) is 2.87. The van der Waals surface area contributed by atoms with Crippen LogP contribution in [0.1, 0.15) is 118 Å². The van der Waals surface area contributed by atoms with Crippen molar-refractivity contribution in [2.45, 2.75) is 124 Å². The number of hydrogen-bond donors (Lipinski definition) is 2. The van der Waals surface area contributed by atoms with Crippen LogP contribution in [0.25, 0.3) is 0 Å². The zero-order valence-electron chi connectivity index (χ0n) is 25.0. The molecule has 0 bridgehead atoms. The van der Waals surface area contributed by atoms with Crippen LogP contribution in [0.5, 0.6) is 0 Å². The molecular formula is C31H53N3O4. The minimum absolute atomic E-state index is 0.137. The fourth-order valence-corrected chi connectivity index (χ4v) is 4.34. The molecule has 7 nitrogen and oxygen atoms in total. The van der Waals surface area contributed by atoms with Crippen LogP contribution in [0.2, 0.25) is 0 Å². The fraction of sp³-hybridized carbons (Fsp3) is 0.710. The minimum Gasteiger partial charge on any atom is -0.444 e. The van der Waals surface area contributed by atoms with Crippen LogP contribution in [-0.2, 0) is 14.3 Å². The van der Waals surface area contributed by atoms with Crippen LogP contribution >= 0.6 is 0 Å². The van der Waals surface area contributed by atoms with Gasteiger partial charge in [-0.25, -0.2) is 4.79 Å². The van der Waals surface area contributed by atoms with Gasteiger partial charge in [-0.05, 0) is 45.1 Å². The van der Waals surface area contributed by atoms with E-state index in [1.165, 1.54) is 0 Å². The molecule has 3 unspecified atom stereocenters. The number of amides is 3. The van der Waals surface area contributed by atoms with Gasteiger partial charge in [-0.15, -0.1) is 0 Å². The maximum Gasteiger partial charge on any atom is 0.408 e. The minimum atomic E-state index is -0.801. The maximum atomic E-state index is 14.2. The highest BCUT2D eigenvalue weighted by atomic mass is 16.6. The number of unbranched alkanes of at least 4 members (excludes halogenated alkanes) is 6. The Morgan fingerprint density at radius 2 is 1.50 bits per heavy atom. The number of hydrogen-bond acceptors (Lipinski definition) is 4. The number of rotatable bonds is 17. The molecule has 0 saturated carbocycles. The normalized spacial score (nSPS) is 13.8. The van der Waals surface area contributed by atoms with Crippen molar-refractivity contribution >= 4 is 17.9 Å². The van der Waals surface area contributed by atoms with Crippen molar-refractivity contribution in [1.29, 1.82) is 0 Å². The SMILES string of the molecule is CCCCCCCN(C(=O)C(NC(=O)OC(C)(C)C)C(C)CC)C(C(=O)NCCCCC)c1ccccc1. The Labute approximate surface area is 231 Å². The molecule has 38 heavy (non-hydrogen) atoms. The number of ether oxygens (including phenoxy) is 1. The second kappa shape index (κ2) is 17.8. The molecule has 0 heterocycles. The summed E-state index contributed by atoms with van der Waals surface area (Å²) in [6.45, 7) is 14.6. The van der Waals surface area contributed by atoms with Gasteiger partial charge in [0.2, 0.25) is 11.8 Å². The highest BCUT2D eigenvalue weighted by Gasteiger charge is 2.37. The van der Waals surface area contributed by atoms with Gasteiger partial charge in [0, 0.05) is 13.1 Å². The smallest absolute Gasteiger partial charge is 0.408 e. The van der Waals surface area contributed by atoms with Gasteiger partial charge in [-0.1, -0.05) is 103 Å². The van der Waals surface area contributed by atoms with Crippen LogP contribution < -0.4 is 10.6 Å². The molecule has 1 rings (SSSR count). The molecule has 3 atom stereocenters. The fourth-order valence-electron chi connectivity index (χ4n) is 4.34. The van der Waals surface area contributed by atoms with E-state index in [0.717, 1.165) is 56.9 Å². The predicted octanol–water partition coefficient (Wildman–Crippen LogP) is 6.77. The Bertz CT molecular complexity index is 822. The van der Waals surface area contributed by atoms with Crippen molar-refractivity contribution < 1.29 is 19.1 Å². The van der Waals surface area contributed by atoms with Gasteiger partial charge >= 0.3 is 6.09 Å². The Morgan fingerprint density at radius 3 is 2.08 bits per heavy atom. The molecule has 0 spiro atoms. The zero-order valence-corrected chi connectivity index (χ0v) is 25.0. The van der Waals surface area contributed by atoms with E-state index in [1.807, 2.05) is 44.2 Å². The second-order valence-corrected chi connectivity index (χ2v) is 11.3. The number of carbonyl (C=O) groups is 3. The van der Waals surface area contributed by atoms with E-state index in [1.54, 1.807) is 25.7 Å². The van der Waals surface area contributed by atoms with Gasteiger partial charge in [0.15, 0.2) is 0 Å². The summed E-state index contributed by atoms with van der Waals surface area (Å²) in [4.78, 5) is 42.3. The molecule has 7 heteroatoms. The largest absolute Gasteiger partial charge is 0.444 e. The Kier molecular flexibility index (Phi) is 15.7. The quantitative estimate of drug-likeness (QED) is 0.217. The molecule has 0 saturated heterocycles. The summed E-state index contributed by atoms with van der Waals surface area (Å²) in [6, 6.07) is 7.90. The summed E-state index contributed by atoms with van der Waals surface area (Å²) in [5, 5.41) is 5.91. The number of benzene rings is 1. The van der Waals surface area contributed by atoms with Gasteiger partial charge in [0.05, 0.1) is 0 Å². The Hall–Kier alpha value is -2.57. The lowest BCUT2D eigenvalue weighted by atomic mass is 9.95. The number of alkyl carbamates (subject to hydrolysis) is 1. The topological polar surface area (TPSA) is 87.7 Å². The molecule has 3 amide bonds. The van der Waals surface area contributed by atoms with E-state index in [-0.39, 0.29) is 17.7 Å². The van der Waals surface area contributed by atoms with E-state index in [9.17, 15) is 14.4 Å². The molecule has 0 radical (unpaired) electrons. The van der Waals surface area contributed by atoms with Crippen molar-refractivity contribution in [2.75, 3.05) is 13.1 Å². The summed E-state index contributed by atoms with van der Waals surface area (Å²) in [5.74, 6) is -0.575. The molecule has 0 aromatic heterocycles. The lowest BCUT2D eigenvalue weighted by Crippen LogP contribution is -2.55. The highest BCUT2D eigenvalue weighted by Crippen LogP contribution is 2.25. The van der Waals surface area contributed by atoms with Gasteiger partial charge in [-0.2, -0.15) is 0 Å². The van der Waals surface area contributed by atoms with Crippen LogP contribution in [0, 0.1) is 5.92 Å². The molecule has 1 aromatic carbocycles. The molecule has 0 aliphatic heterocycles. The standard InChI is InChI=1S/C31H53N3O4/c1-8-11-13-14-19-23-34(29(36)26(24(4)10-3)33-30(37)38-31(5,6)7)27(25-20-16-15-17-21-25)28(35)32-22-18-12-9-2/h15-17,20-21,24,26-27H,8-14,18-19,22-23H2,1-7H3,(H,32,35)(H,33,37). The van der Waals surface area contributed by atoms with Crippen molar-refractivity contribution in [3.8, 4) is 0 Å². The van der Waals surface area contributed by atoms with Crippen LogP contribution in [0.3, 0.4) is 0 Å². The summed E-state index contributed by atoms with van der Waals surface area (Å²) in [7, 11) is 0. The van der Waals surface area contributed by atoms with E-state index >= 15 is 0 Å². The molecule has 216 valence electrons. The van der Waals surface area contributed by atoms with Crippen molar-refractivity contribution in [1.82, 2.24) is 15.5 Å². The van der Waals surface area contributed by atoms with Gasteiger partial charge in [-0.3, -0.25) is 9.59 Å². The van der Waals surface area contributed by atoms with E-state index in [0.29, 0.717) is 19.5 Å². The first kappa shape index (κ1) is 33.5. The third-order valence-electron chi connectivity index (χ3n) is 6.69. The van der Waals surface area contributed by atoms with Crippen LogP contribution in [0.15, 0.2) is 30.3 Å². The Balaban J connectivity index is 3.37. The monoisotopic (exact) mass is 531 g/mol. The molecule has 0 aliphatic rings. The summed E-state index contributed by atoms with van der Waals surface area (Å²) in [5.41, 5.74) is 0.0828. The predicted molar refractivity (Wildman–Crippen MR) is 155 cm³/mol. The number of nitrogens with zero attached hydrogens (tertiary/aromatic N) is 1. The molecule has 0 aliphatic carbocycles. The molecule has 1 aromatic rings. The van der Waals surface area contributed by atoms with E-state index < -0.39 is 23.8 Å². The highest BCUT2D eigenvalue weighted by molar-refractivity contribution is 5.92. The van der Waals surface area contributed by atoms with Gasteiger partial charge in [0.1, 0.15) is 17.7 Å². The van der Waals surface area contributed by atoms with Crippen molar-refractivity contribution in [3.05, 3.63) is 35.9 Å². The van der Waals surface area contributed by atoms with Crippen molar-refractivity contribution in [3.63, 3.8) is 0 Å².